The second-order valence-electron chi connectivity index (χ2n) is 11.1. The van der Waals surface area contributed by atoms with Crippen molar-refractivity contribution in [2.75, 3.05) is 37.6 Å². The van der Waals surface area contributed by atoms with E-state index < -0.39 is 0 Å². The van der Waals surface area contributed by atoms with E-state index in [1.165, 1.54) is 47.2 Å². The van der Waals surface area contributed by atoms with Crippen LogP contribution in [0.1, 0.15) is 59.8 Å². The minimum absolute atomic E-state index is 0.290. The zero-order chi connectivity index (χ0) is 24.5. The Kier molecular flexibility index (Phi) is 6.30. The number of piperidine rings is 1. The lowest BCUT2D eigenvalue weighted by Crippen LogP contribution is -2.41. The standard InChI is InChI=1S/C32H36N2O2/c35-21-20-33-17-14-32(23-33)15-18-34(19-16-32)27-9-6-25(7-10-27)31-29(24-4-2-1-3-5-24)12-8-26-22-28(36)11-13-30(26)31/h1-7,9-11,13,21-22,29,31,36H,8,12,14-20,23H2/t29?,31-/m1/s1. The van der Waals surface area contributed by atoms with Gasteiger partial charge in [-0.25, -0.2) is 0 Å². The fourth-order valence-corrected chi connectivity index (χ4v) is 7.11. The highest BCUT2D eigenvalue weighted by molar-refractivity contribution is 5.53. The molecule has 2 aliphatic heterocycles. The lowest BCUT2D eigenvalue weighted by molar-refractivity contribution is -0.108. The van der Waals surface area contributed by atoms with E-state index in [9.17, 15) is 9.90 Å². The number of aldehydes is 1. The highest BCUT2D eigenvalue weighted by Gasteiger charge is 2.40. The van der Waals surface area contributed by atoms with Gasteiger partial charge in [-0.1, -0.05) is 48.5 Å². The van der Waals surface area contributed by atoms with Gasteiger partial charge < -0.3 is 14.8 Å². The Morgan fingerprint density at radius 1 is 0.889 bits per heavy atom. The minimum atomic E-state index is 0.290. The number of carbonyl (C=O) groups is 1. The van der Waals surface area contributed by atoms with Crippen LogP contribution in [0.4, 0.5) is 5.69 Å². The van der Waals surface area contributed by atoms with Gasteiger partial charge in [-0.05, 0) is 96.5 Å². The van der Waals surface area contributed by atoms with Gasteiger partial charge in [-0.2, -0.15) is 0 Å². The summed E-state index contributed by atoms with van der Waals surface area (Å²) in [4.78, 5) is 15.8. The molecule has 1 spiro atoms. The minimum Gasteiger partial charge on any atom is -0.508 e. The average molecular weight is 481 g/mol. The summed E-state index contributed by atoms with van der Waals surface area (Å²) in [7, 11) is 0. The molecule has 1 unspecified atom stereocenters. The fourth-order valence-electron chi connectivity index (χ4n) is 7.11. The number of benzene rings is 3. The number of phenolic OH excluding ortho intramolecular Hbond substituents is 1. The first-order valence-corrected chi connectivity index (χ1v) is 13.5. The number of aryl methyl sites for hydroxylation is 1. The van der Waals surface area contributed by atoms with E-state index in [4.69, 9.17) is 0 Å². The van der Waals surface area contributed by atoms with Gasteiger partial charge in [0.15, 0.2) is 0 Å². The maximum Gasteiger partial charge on any atom is 0.133 e. The van der Waals surface area contributed by atoms with Crippen molar-refractivity contribution in [1.29, 1.82) is 0 Å². The Morgan fingerprint density at radius 2 is 1.64 bits per heavy atom. The maximum absolute atomic E-state index is 10.9. The van der Waals surface area contributed by atoms with Crippen molar-refractivity contribution in [2.24, 2.45) is 5.41 Å². The highest BCUT2D eigenvalue weighted by atomic mass is 16.3. The fraction of sp³-hybridized carbons (Fsp3) is 0.406. The molecular formula is C32H36N2O2. The first-order valence-electron chi connectivity index (χ1n) is 13.5. The van der Waals surface area contributed by atoms with Crippen LogP contribution >= 0.6 is 0 Å². The van der Waals surface area contributed by atoms with E-state index in [1.54, 1.807) is 0 Å². The number of hydrogen-bond acceptors (Lipinski definition) is 4. The monoisotopic (exact) mass is 480 g/mol. The first kappa shape index (κ1) is 23.3. The van der Waals surface area contributed by atoms with Crippen molar-refractivity contribution in [3.8, 4) is 5.75 Å². The van der Waals surface area contributed by atoms with Crippen LogP contribution in [0.15, 0.2) is 72.8 Å². The number of likely N-dealkylation sites (tertiary alicyclic amines) is 1. The number of anilines is 1. The van der Waals surface area contributed by atoms with Crippen molar-refractivity contribution in [3.05, 3.63) is 95.1 Å². The number of nitrogens with zero attached hydrogens (tertiary/aromatic N) is 2. The quantitative estimate of drug-likeness (QED) is 0.473. The van der Waals surface area contributed by atoms with Gasteiger partial charge in [0.2, 0.25) is 0 Å². The van der Waals surface area contributed by atoms with Crippen LogP contribution in [-0.2, 0) is 11.2 Å². The molecule has 0 amide bonds. The second kappa shape index (κ2) is 9.74. The molecule has 1 N–H and O–H groups in total. The van der Waals surface area contributed by atoms with E-state index in [-0.39, 0.29) is 5.92 Å². The number of fused-ring (bicyclic) bond motifs is 1. The van der Waals surface area contributed by atoms with Crippen LogP contribution in [0.5, 0.6) is 5.75 Å². The molecule has 3 aromatic rings. The summed E-state index contributed by atoms with van der Waals surface area (Å²) in [5.74, 6) is 1.08. The van der Waals surface area contributed by atoms with Crippen LogP contribution in [0.25, 0.3) is 0 Å². The number of hydrogen-bond donors (Lipinski definition) is 1. The summed E-state index contributed by atoms with van der Waals surface area (Å²) in [6, 6.07) is 26.2. The molecule has 4 heteroatoms. The molecule has 6 rings (SSSR count). The van der Waals surface area contributed by atoms with Crippen molar-refractivity contribution in [3.63, 3.8) is 0 Å². The predicted molar refractivity (Wildman–Crippen MR) is 145 cm³/mol. The molecule has 0 radical (unpaired) electrons. The van der Waals surface area contributed by atoms with Crippen molar-refractivity contribution in [2.45, 2.75) is 43.9 Å². The Bertz CT molecular complexity index is 1200. The molecule has 36 heavy (non-hydrogen) atoms. The Labute approximate surface area is 214 Å². The van der Waals surface area contributed by atoms with E-state index in [2.05, 4.69) is 70.5 Å². The summed E-state index contributed by atoms with van der Waals surface area (Å²) < 4.78 is 0. The third-order valence-electron chi connectivity index (χ3n) is 9.11. The van der Waals surface area contributed by atoms with Crippen LogP contribution in [0.3, 0.4) is 0 Å². The normalized spacial score (nSPS) is 23.5. The highest BCUT2D eigenvalue weighted by Crippen LogP contribution is 2.47. The van der Waals surface area contributed by atoms with E-state index in [1.807, 2.05) is 12.1 Å². The Morgan fingerprint density at radius 3 is 2.39 bits per heavy atom. The molecule has 2 fully saturated rings. The largest absolute Gasteiger partial charge is 0.508 e. The van der Waals surface area contributed by atoms with Gasteiger partial charge in [-0.3, -0.25) is 4.90 Å². The molecule has 0 aromatic heterocycles. The summed E-state index contributed by atoms with van der Waals surface area (Å²) >= 11 is 0. The lowest BCUT2D eigenvalue weighted by atomic mass is 9.69. The van der Waals surface area contributed by atoms with Gasteiger partial charge in [0.05, 0.1) is 6.54 Å². The second-order valence-corrected chi connectivity index (χ2v) is 11.1. The van der Waals surface area contributed by atoms with E-state index in [0.717, 1.165) is 45.3 Å². The summed E-state index contributed by atoms with van der Waals surface area (Å²) in [6.07, 6.45) is 6.77. The van der Waals surface area contributed by atoms with Crippen LogP contribution in [0, 0.1) is 5.41 Å². The topological polar surface area (TPSA) is 43.8 Å². The third kappa shape index (κ3) is 4.43. The molecule has 0 saturated carbocycles. The van der Waals surface area contributed by atoms with Crippen LogP contribution < -0.4 is 4.90 Å². The Hall–Kier alpha value is -3.11. The molecule has 2 atom stereocenters. The molecule has 3 aliphatic rings. The number of carbonyl (C=O) groups excluding carboxylic acids is 1. The molecular weight excluding hydrogens is 444 g/mol. The maximum atomic E-state index is 10.9. The third-order valence-corrected chi connectivity index (χ3v) is 9.11. The Balaban J connectivity index is 1.22. The van der Waals surface area contributed by atoms with Gasteiger partial charge in [0.1, 0.15) is 12.0 Å². The van der Waals surface area contributed by atoms with Crippen LogP contribution in [-0.4, -0.2) is 49.0 Å². The predicted octanol–water partition coefficient (Wildman–Crippen LogP) is 5.75. The van der Waals surface area contributed by atoms with Gasteiger partial charge in [0, 0.05) is 31.2 Å². The van der Waals surface area contributed by atoms with Gasteiger partial charge in [0.25, 0.3) is 0 Å². The summed E-state index contributed by atoms with van der Waals surface area (Å²) in [6.45, 7) is 4.91. The van der Waals surface area contributed by atoms with Crippen LogP contribution in [0.2, 0.25) is 0 Å². The smallest absolute Gasteiger partial charge is 0.133 e. The molecule has 186 valence electrons. The zero-order valence-electron chi connectivity index (χ0n) is 21.0. The lowest BCUT2D eigenvalue weighted by Gasteiger charge is -2.40. The van der Waals surface area contributed by atoms with Gasteiger partial charge >= 0.3 is 0 Å². The molecule has 2 heterocycles. The number of rotatable bonds is 5. The summed E-state index contributed by atoms with van der Waals surface area (Å²) in [5, 5.41) is 10.1. The molecule has 1 aliphatic carbocycles. The van der Waals surface area contributed by atoms with Crippen molar-refractivity contribution in [1.82, 2.24) is 4.90 Å². The molecule has 3 aromatic carbocycles. The van der Waals surface area contributed by atoms with E-state index in [0.29, 0.717) is 23.6 Å². The van der Waals surface area contributed by atoms with Crippen molar-refractivity contribution >= 4 is 12.0 Å². The first-order chi connectivity index (χ1) is 17.6. The molecule has 4 nitrogen and oxygen atoms in total. The zero-order valence-corrected chi connectivity index (χ0v) is 21.0. The number of phenols is 1. The summed E-state index contributed by atoms with van der Waals surface area (Å²) in [5.41, 5.74) is 7.09. The van der Waals surface area contributed by atoms with Crippen molar-refractivity contribution < 1.29 is 9.90 Å². The molecule has 0 bridgehead atoms. The molecule has 2 saturated heterocycles. The van der Waals surface area contributed by atoms with Gasteiger partial charge in [-0.15, -0.1) is 0 Å². The average Bonchev–Trinajstić information content (AvgIpc) is 3.31. The van der Waals surface area contributed by atoms with E-state index >= 15 is 0 Å². The number of aromatic hydroxyl groups is 1. The SMILES string of the molecule is O=CCN1CCC2(CCN(c3ccc([C@H]4c5ccc(O)cc5CCC4c4ccccc4)cc3)CC2)C1.